The Morgan fingerprint density at radius 2 is 1.91 bits per heavy atom. The third-order valence-electron chi connectivity index (χ3n) is 3.46. The van der Waals surface area contributed by atoms with Gasteiger partial charge in [0.2, 0.25) is 0 Å². The molecule has 0 saturated carbocycles. The van der Waals surface area contributed by atoms with E-state index in [1.165, 1.54) is 5.41 Å². The van der Waals surface area contributed by atoms with Crippen LogP contribution in [-0.4, -0.2) is 35.2 Å². The van der Waals surface area contributed by atoms with Crippen LogP contribution in [0.15, 0.2) is 35.4 Å². The number of benzene rings is 1. The number of carboxylic acid groups (broad SMARTS) is 1. The van der Waals surface area contributed by atoms with E-state index in [9.17, 15) is 14.7 Å². The van der Waals surface area contributed by atoms with Crippen molar-refractivity contribution in [3.63, 3.8) is 0 Å². The maximum Gasteiger partial charge on any atom is 0.306 e. The Morgan fingerprint density at radius 1 is 1.30 bits per heavy atom. The van der Waals surface area contributed by atoms with E-state index in [0.29, 0.717) is 18.5 Å². The van der Waals surface area contributed by atoms with Crippen LogP contribution in [0.25, 0.3) is 0 Å². The molecule has 1 aromatic carbocycles. The largest absolute Gasteiger partial charge is 0.508 e. The molecular weight excluding hydrogens is 316 g/mol. The molecule has 0 aromatic heterocycles. The standard InChI is InChI=1S/C16H22N2O4S/c1-10(16(21)22)7-12(18-15(20)14(9-23)17-2)8-11-3-5-13(19)6-4-11/h3-6,9-10,12,17,19,23H,7-8H2,1-2H3,(H,18,20)(H,21,22)/b14-9-/t10-,12+/m0/s1. The predicted molar refractivity (Wildman–Crippen MR) is 91.3 cm³/mol. The van der Waals surface area contributed by atoms with Crippen LogP contribution >= 0.6 is 12.6 Å². The van der Waals surface area contributed by atoms with Crippen LogP contribution in [0.3, 0.4) is 0 Å². The van der Waals surface area contributed by atoms with Crippen LogP contribution in [0.1, 0.15) is 18.9 Å². The topological polar surface area (TPSA) is 98.7 Å². The molecule has 0 aliphatic rings. The summed E-state index contributed by atoms with van der Waals surface area (Å²) in [6.07, 6.45) is 0.763. The monoisotopic (exact) mass is 338 g/mol. The number of phenolic OH excluding ortho intramolecular Hbond substituents is 1. The van der Waals surface area contributed by atoms with Crippen molar-refractivity contribution in [2.75, 3.05) is 7.05 Å². The van der Waals surface area contributed by atoms with E-state index in [2.05, 4.69) is 23.3 Å². The van der Waals surface area contributed by atoms with Gasteiger partial charge in [0, 0.05) is 13.1 Å². The zero-order valence-electron chi connectivity index (χ0n) is 13.1. The molecular formula is C16H22N2O4S. The van der Waals surface area contributed by atoms with Crippen molar-refractivity contribution in [3.05, 3.63) is 40.9 Å². The maximum atomic E-state index is 12.1. The van der Waals surface area contributed by atoms with Crippen molar-refractivity contribution in [2.45, 2.75) is 25.8 Å². The second-order valence-electron chi connectivity index (χ2n) is 5.31. The van der Waals surface area contributed by atoms with E-state index in [1.54, 1.807) is 38.2 Å². The minimum Gasteiger partial charge on any atom is -0.508 e. The lowest BCUT2D eigenvalue weighted by molar-refractivity contribution is -0.141. The van der Waals surface area contributed by atoms with Crippen LogP contribution < -0.4 is 10.6 Å². The minimum absolute atomic E-state index is 0.156. The van der Waals surface area contributed by atoms with E-state index in [0.717, 1.165) is 5.56 Å². The van der Waals surface area contributed by atoms with Gasteiger partial charge in [0.25, 0.3) is 5.91 Å². The third kappa shape index (κ3) is 6.23. The summed E-state index contributed by atoms with van der Waals surface area (Å²) < 4.78 is 0. The van der Waals surface area contributed by atoms with Gasteiger partial charge in [-0.3, -0.25) is 9.59 Å². The Kier molecular flexibility index (Phi) is 7.47. The van der Waals surface area contributed by atoms with Gasteiger partial charge in [-0.25, -0.2) is 0 Å². The smallest absolute Gasteiger partial charge is 0.306 e. The molecule has 0 aliphatic heterocycles. The number of likely N-dealkylation sites (N-methyl/N-ethyl adjacent to an activating group) is 1. The van der Waals surface area contributed by atoms with Gasteiger partial charge in [0.05, 0.1) is 5.92 Å². The molecule has 0 aliphatic carbocycles. The van der Waals surface area contributed by atoms with Crippen LogP contribution in [0.4, 0.5) is 0 Å². The first-order valence-corrected chi connectivity index (χ1v) is 7.72. The third-order valence-corrected chi connectivity index (χ3v) is 3.71. The van der Waals surface area contributed by atoms with Crippen LogP contribution in [0.2, 0.25) is 0 Å². The summed E-state index contributed by atoms with van der Waals surface area (Å²) in [6, 6.07) is 6.25. The molecule has 126 valence electrons. The molecule has 7 heteroatoms. The molecule has 4 N–H and O–H groups in total. The van der Waals surface area contributed by atoms with Crippen molar-refractivity contribution < 1.29 is 19.8 Å². The van der Waals surface area contributed by atoms with Crippen molar-refractivity contribution in [1.82, 2.24) is 10.6 Å². The number of carbonyl (C=O) groups is 2. The van der Waals surface area contributed by atoms with Crippen molar-refractivity contribution in [1.29, 1.82) is 0 Å². The van der Waals surface area contributed by atoms with E-state index >= 15 is 0 Å². The number of aliphatic carboxylic acids is 1. The molecule has 0 bridgehead atoms. The number of rotatable bonds is 8. The van der Waals surface area contributed by atoms with Gasteiger partial charge in [-0.05, 0) is 35.9 Å². The Hall–Kier alpha value is -2.15. The Morgan fingerprint density at radius 3 is 2.39 bits per heavy atom. The highest BCUT2D eigenvalue weighted by atomic mass is 32.1. The Labute approximate surface area is 141 Å². The number of phenols is 1. The number of carboxylic acids is 1. The average Bonchev–Trinajstić information content (AvgIpc) is 2.50. The minimum atomic E-state index is -0.909. The van der Waals surface area contributed by atoms with E-state index in [4.69, 9.17) is 5.11 Å². The predicted octanol–water partition coefficient (Wildman–Crippen LogP) is 1.52. The lowest BCUT2D eigenvalue weighted by Gasteiger charge is -2.21. The molecule has 1 rings (SSSR count). The molecule has 0 spiro atoms. The van der Waals surface area contributed by atoms with Gasteiger partial charge >= 0.3 is 5.97 Å². The molecule has 1 aromatic rings. The second-order valence-corrected chi connectivity index (χ2v) is 5.57. The molecule has 1 amide bonds. The Balaban J connectivity index is 2.85. The fourth-order valence-corrected chi connectivity index (χ4v) is 2.38. The van der Waals surface area contributed by atoms with Crippen LogP contribution in [0.5, 0.6) is 5.75 Å². The fraction of sp³-hybridized carbons (Fsp3) is 0.375. The summed E-state index contributed by atoms with van der Waals surface area (Å²) in [4.78, 5) is 23.2. The summed E-state index contributed by atoms with van der Waals surface area (Å²) >= 11 is 3.96. The highest BCUT2D eigenvalue weighted by Gasteiger charge is 2.21. The summed E-state index contributed by atoms with van der Waals surface area (Å²) in [6.45, 7) is 1.60. The Bertz CT molecular complexity index is 572. The maximum absolute atomic E-state index is 12.1. The highest BCUT2D eigenvalue weighted by Crippen LogP contribution is 2.15. The van der Waals surface area contributed by atoms with E-state index in [-0.39, 0.29) is 17.7 Å². The fourth-order valence-electron chi connectivity index (χ4n) is 2.14. The number of aromatic hydroxyl groups is 1. The first-order valence-electron chi connectivity index (χ1n) is 7.21. The number of hydrogen-bond acceptors (Lipinski definition) is 5. The number of thiol groups is 1. The summed E-state index contributed by atoms with van der Waals surface area (Å²) in [5.41, 5.74) is 1.19. The number of hydrogen-bond donors (Lipinski definition) is 5. The van der Waals surface area contributed by atoms with Gasteiger partial charge in [0.15, 0.2) is 0 Å². The number of carbonyl (C=O) groups excluding carboxylic acids is 1. The molecule has 6 nitrogen and oxygen atoms in total. The number of amides is 1. The highest BCUT2D eigenvalue weighted by molar-refractivity contribution is 7.83. The lowest BCUT2D eigenvalue weighted by Crippen LogP contribution is -2.41. The second kappa shape index (κ2) is 9.09. The van der Waals surface area contributed by atoms with Crippen molar-refractivity contribution in [3.8, 4) is 5.75 Å². The van der Waals surface area contributed by atoms with Gasteiger partial charge < -0.3 is 20.8 Å². The molecule has 0 unspecified atom stereocenters. The summed E-state index contributed by atoms with van der Waals surface area (Å²) in [5.74, 6) is -1.68. The van der Waals surface area contributed by atoms with Crippen LogP contribution in [0, 0.1) is 5.92 Å². The number of nitrogens with one attached hydrogen (secondary N) is 2. The molecule has 0 fully saturated rings. The SMILES string of the molecule is CN/C(=C\S)C(=O)N[C@@H](Cc1ccc(O)cc1)C[C@H](C)C(=O)O. The van der Waals surface area contributed by atoms with Gasteiger partial charge in [-0.15, -0.1) is 12.6 Å². The first-order chi connectivity index (χ1) is 10.9. The van der Waals surface area contributed by atoms with Crippen LogP contribution in [-0.2, 0) is 16.0 Å². The zero-order valence-corrected chi connectivity index (χ0v) is 14.0. The molecule has 0 heterocycles. The lowest BCUT2D eigenvalue weighted by atomic mass is 9.96. The quantitative estimate of drug-likeness (QED) is 0.366. The molecule has 2 atom stereocenters. The first kappa shape index (κ1) is 18.9. The van der Waals surface area contributed by atoms with Gasteiger partial charge in [-0.2, -0.15) is 0 Å². The summed E-state index contributed by atoms with van der Waals surface area (Å²) in [5, 5.41) is 25.3. The molecule has 23 heavy (non-hydrogen) atoms. The molecule has 0 radical (unpaired) electrons. The van der Waals surface area contributed by atoms with Gasteiger partial charge in [-0.1, -0.05) is 19.1 Å². The zero-order chi connectivity index (χ0) is 17.4. The van der Waals surface area contributed by atoms with Crippen molar-refractivity contribution >= 4 is 24.5 Å². The van der Waals surface area contributed by atoms with E-state index in [1.807, 2.05) is 0 Å². The average molecular weight is 338 g/mol. The molecule has 0 saturated heterocycles. The van der Waals surface area contributed by atoms with Crippen molar-refractivity contribution in [2.24, 2.45) is 5.92 Å². The normalized spacial score (nSPS) is 14.0. The van der Waals surface area contributed by atoms with Gasteiger partial charge in [0.1, 0.15) is 11.4 Å². The summed E-state index contributed by atoms with van der Waals surface area (Å²) in [7, 11) is 1.61. The van der Waals surface area contributed by atoms with E-state index < -0.39 is 11.9 Å².